The van der Waals surface area contributed by atoms with E-state index in [1.165, 1.54) is 12.1 Å². The average molecular weight is 236 g/mol. The first-order chi connectivity index (χ1) is 8.26. The van der Waals surface area contributed by atoms with Crippen LogP contribution in [0.1, 0.15) is 12.0 Å². The molecular formula is C12H13FN2O2. The Balaban J connectivity index is 2.39. The van der Waals surface area contributed by atoms with Crippen molar-refractivity contribution in [3.63, 3.8) is 0 Å². The fourth-order valence-corrected chi connectivity index (χ4v) is 1.63. The van der Waals surface area contributed by atoms with Gasteiger partial charge in [0.2, 0.25) is 6.29 Å². The summed E-state index contributed by atoms with van der Waals surface area (Å²) < 4.78 is 24.8. The molecule has 0 radical (unpaired) electrons. The molecule has 0 saturated heterocycles. The first kappa shape index (κ1) is 11.8. The van der Waals surface area contributed by atoms with Crippen molar-refractivity contribution in [2.75, 3.05) is 14.2 Å². The Morgan fingerprint density at radius 3 is 2.35 bits per heavy atom. The van der Waals surface area contributed by atoms with Crippen LogP contribution in [0.25, 0.3) is 5.69 Å². The summed E-state index contributed by atoms with van der Waals surface area (Å²) in [5.74, 6) is -0.280. The van der Waals surface area contributed by atoms with Gasteiger partial charge in [0.05, 0.1) is 5.69 Å². The van der Waals surface area contributed by atoms with Crippen molar-refractivity contribution < 1.29 is 13.9 Å². The van der Waals surface area contributed by atoms with Crippen LogP contribution in [0.15, 0.2) is 36.5 Å². The second kappa shape index (κ2) is 5.07. The third-order valence-corrected chi connectivity index (χ3v) is 2.41. The predicted molar refractivity (Wildman–Crippen MR) is 60.3 cm³/mol. The molecule has 0 aliphatic rings. The lowest BCUT2D eigenvalue weighted by atomic mass is 10.3. The smallest absolute Gasteiger partial charge is 0.200 e. The summed E-state index contributed by atoms with van der Waals surface area (Å²) in [7, 11) is 3.10. The van der Waals surface area contributed by atoms with Crippen molar-refractivity contribution in [2.24, 2.45) is 0 Å². The van der Waals surface area contributed by atoms with Gasteiger partial charge in [-0.2, -0.15) is 5.10 Å². The number of halogens is 1. The van der Waals surface area contributed by atoms with Crippen LogP contribution in [0.2, 0.25) is 0 Å². The maximum absolute atomic E-state index is 12.8. The number of nitrogens with zero attached hydrogens (tertiary/aromatic N) is 2. The van der Waals surface area contributed by atoms with E-state index >= 15 is 0 Å². The summed E-state index contributed by atoms with van der Waals surface area (Å²) in [5.41, 5.74) is 1.51. The first-order valence-corrected chi connectivity index (χ1v) is 5.11. The van der Waals surface area contributed by atoms with Gasteiger partial charge in [-0.15, -0.1) is 0 Å². The maximum atomic E-state index is 12.8. The lowest BCUT2D eigenvalue weighted by molar-refractivity contribution is -0.109. The van der Waals surface area contributed by atoms with Crippen molar-refractivity contribution in [3.8, 4) is 5.69 Å². The zero-order chi connectivity index (χ0) is 12.3. The number of hydrogen-bond donors (Lipinski definition) is 0. The van der Waals surface area contributed by atoms with Crippen LogP contribution >= 0.6 is 0 Å². The van der Waals surface area contributed by atoms with Gasteiger partial charge in [-0.3, -0.25) is 0 Å². The molecule has 90 valence electrons. The zero-order valence-corrected chi connectivity index (χ0v) is 9.63. The fraction of sp³-hybridized carbons (Fsp3) is 0.250. The molecule has 0 atom stereocenters. The normalized spacial score (nSPS) is 11.1. The monoisotopic (exact) mass is 236 g/mol. The number of rotatable bonds is 4. The first-order valence-electron chi connectivity index (χ1n) is 5.11. The molecule has 0 aliphatic carbocycles. The third-order valence-electron chi connectivity index (χ3n) is 2.41. The van der Waals surface area contributed by atoms with E-state index < -0.39 is 6.29 Å². The topological polar surface area (TPSA) is 36.3 Å². The summed E-state index contributed by atoms with van der Waals surface area (Å²) >= 11 is 0. The minimum Gasteiger partial charge on any atom is -0.350 e. The van der Waals surface area contributed by atoms with Gasteiger partial charge in [-0.25, -0.2) is 9.07 Å². The van der Waals surface area contributed by atoms with Gasteiger partial charge in [-0.1, -0.05) is 0 Å². The highest BCUT2D eigenvalue weighted by atomic mass is 19.1. The summed E-state index contributed by atoms with van der Waals surface area (Å²) in [6.45, 7) is 0. The number of hydrogen-bond acceptors (Lipinski definition) is 3. The zero-order valence-electron chi connectivity index (χ0n) is 9.63. The van der Waals surface area contributed by atoms with Crippen molar-refractivity contribution in [1.82, 2.24) is 9.78 Å². The molecule has 17 heavy (non-hydrogen) atoms. The summed E-state index contributed by atoms with van der Waals surface area (Å²) in [6.07, 6.45) is 1.14. The van der Waals surface area contributed by atoms with Gasteiger partial charge >= 0.3 is 0 Å². The molecule has 5 heteroatoms. The number of benzene rings is 1. The largest absolute Gasteiger partial charge is 0.350 e. The van der Waals surface area contributed by atoms with Crippen molar-refractivity contribution in [2.45, 2.75) is 6.29 Å². The van der Waals surface area contributed by atoms with Crippen LogP contribution in [-0.4, -0.2) is 24.0 Å². The van der Waals surface area contributed by atoms with Gasteiger partial charge in [0, 0.05) is 20.4 Å². The number of ether oxygens (including phenoxy) is 2. The molecule has 2 aromatic rings. The quantitative estimate of drug-likeness (QED) is 0.764. The number of methoxy groups -OCH3 is 2. The SMILES string of the molecule is COC(OC)c1ccnn1-c1ccc(F)cc1. The Bertz CT molecular complexity index is 478. The lowest BCUT2D eigenvalue weighted by Crippen LogP contribution is -2.10. The van der Waals surface area contributed by atoms with Gasteiger partial charge in [-0.05, 0) is 30.3 Å². The molecule has 1 aromatic carbocycles. The Hall–Kier alpha value is -1.72. The van der Waals surface area contributed by atoms with Crippen LogP contribution in [-0.2, 0) is 9.47 Å². The lowest BCUT2D eigenvalue weighted by Gasteiger charge is -2.15. The minimum atomic E-state index is -0.498. The van der Waals surface area contributed by atoms with E-state index in [1.807, 2.05) is 0 Å². The Kier molecular flexibility index (Phi) is 3.51. The highest BCUT2D eigenvalue weighted by Gasteiger charge is 2.15. The molecule has 0 spiro atoms. The van der Waals surface area contributed by atoms with E-state index in [0.29, 0.717) is 0 Å². The molecule has 1 aromatic heterocycles. The van der Waals surface area contributed by atoms with Crippen LogP contribution in [0.5, 0.6) is 0 Å². The molecule has 4 nitrogen and oxygen atoms in total. The van der Waals surface area contributed by atoms with Crippen LogP contribution in [0.4, 0.5) is 4.39 Å². The Morgan fingerprint density at radius 1 is 1.12 bits per heavy atom. The highest BCUT2D eigenvalue weighted by Crippen LogP contribution is 2.20. The number of aromatic nitrogens is 2. The molecule has 0 N–H and O–H groups in total. The van der Waals surface area contributed by atoms with Crippen molar-refractivity contribution in [1.29, 1.82) is 0 Å². The standard InChI is InChI=1S/C12H13FN2O2/c1-16-12(17-2)11-7-8-14-15(11)10-5-3-9(13)4-6-10/h3-8,12H,1-2H3. The maximum Gasteiger partial charge on any atom is 0.200 e. The molecule has 0 bridgehead atoms. The third kappa shape index (κ3) is 2.35. The highest BCUT2D eigenvalue weighted by molar-refractivity contribution is 5.33. The Morgan fingerprint density at radius 2 is 1.76 bits per heavy atom. The summed E-state index contributed by atoms with van der Waals surface area (Å²) in [4.78, 5) is 0. The summed E-state index contributed by atoms with van der Waals surface area (Å²) in [5, 5.41) is 4.17. The molecular weight excluding hydrogens is 223 g/mol. The molecule has 1 heterocycles. The van der Waals surface area contributed by atoms with E-state index in [9.17, 15) is 4.39 Å². The van der Waals surface area contributed by atoms with Gasteiger partial charge in [0.25, 0.3) is 0 Å². The second-order valence-corrected chi connectivity index (χ2v) is 3.45. The molecule has 0 amide bonds. The Labute approximate surface area is 98.6 Å². The van der Waals surface area contributed by atoms with E-state index in [2.05, 4.69) is 5.10 Å². The van der Waals surface area contributed by atoms with Gasteiger partial charge in [0.15, 0.2) is 0 Å². The predicted octanol–water partition coefficient (Wildman–Crippen LogP) is 2.30. The fourth-order valence-electron chi connectivity index (χ4n) is 1.63. The molecule has 0 unspecified atom stereocenters. The van der Waals surface area contributed by atoms with E-state index in [-0.39, 0.29) is 5.82 Å². The van der Waals surface area contributed by atoms with E-state index in [4.69, 9.17) is 9.47 Å². The summed E-state index contributed by atoms with van der Waals surface area (Å²) in [6, 6.07) is 7.86. The van der Waals surface area contributed by atoms with Crippen molar-refractivity contribution in [3.05, 3.63) is 48.0 Å². The van der Waals surface area contributed by atoms with Gasteiger partial charge in [0.1, 0.15) is 11.5 Å². The van der Waals surface area contributed by atoms with Crippen LogP contribution in [0.3, 0.4) is 0 Å². The van der Waals surface area contributed by atoms with Gasteiger partial charge < -0.3 is 9.47 Å². The minimum absolute atomic E-state index is 0.280. The molecule has 2 rings (SSSR count). The molecule has 0 aliphatic heterocycles. The molecule has 0 fully saturated rings. The van der Waals surface area contributed by atoms with E-state index in [1.54, 1.807) is 43.3 Å². The second-order valence-electron chi connectivity index (χ2n) is 3.45. The van der Waals surface area contributed by atoms with Crippen LogP contribution < -0.4 is 0 Å². The molecule has 0 saturated carbocycles. The average Bonchev–Trinajstić information content (AvgIpc) is 2.81. The van der Waals surface area contributed by atoms with Crippen LogP contribution in [0, 0.1) is 5.82 Å². The van der Waals surface area contributed by atoms with Crippen molar-refractivity contribution >= 4 is 0 Å². The van der Waals surface area contributed by atoms with E-state index in [0.717, 1.165) is 11.4 Å².